The first kappa shape index (κ1) is 20.1. The molecule has 0 aliphatic carbocycles. The maximum absolute atomic E-state index is 13.2. The molecular formula is C23H29NO4. The monoisotopic (exact) mass is 383 g/mol. The lowest BCUT2D eigenvalue weighted by Crippen LogP contribution is -2.28. The summed E-state index contributed by atoms with van der Waals surface area (Å²) >= 11 is 0. The van der Waals surface area contributed by atoms with Gasteiger partial charge >= 0.3 is 0 Å². The van der Waals surface area contributed by atoms with Crippen LogP contribution in [0, 0.1) is 0 Å². The second-order valence-electron chi connectivity index (χ2n) is 6.75. The van der Waals surface area contributed by atoms with Crippen molar-refractivity contribution in [1.29, 1.82) is 0 Å². The highest BCUT2D eigenvalue weighted by Crippen LogP contribution is 2.40. The number of likely N-dealkylation sites (tertiary alicyclic amines) is 1. The molecule has 1 aliphatic rings. The quantitative estimate of drug-likeness (QED) is 0.673. The lowest BCUT2D eigenvalue weighted by molar-refractivity contribution is 0.0789. The van der Waals surface area contributed by atoms with Gasteiger partial charge in [0.05, 0.1) is 19.8 Å². The predicted octanol–water partition coefficient (Wildman–Crippen LogP) is 4.51. The summed E-state index contributed by atoms with van der Waals surface area (Å²) in [5, 5.41) is 0. The van der Waals surface area contributed by atoms with Crippen LogP contribution >= 0.6 is 0 Å². The third-order valence-corrected chi connectivity index (χ3v) is 4.90. The summed E-state index contributed by atoms with van der Waals surface area (Å²) in [5.41, 5.74) is 1.86. The Balaban J connectivity index is 1.84. The first-order valence-corrected chi connectivity index (χ1v) is 10.1. The second kappa shape index (κ2) is 9.49. The molecule has 1 atom stereocenters. The first-order chi connectivity index (χ1) is 13.7. The van der Waals surface area contributed by atoms with E-state index in [1.165, 1.54) is 5.56 Å². The lowest BCUT2D eigenvalue weighted by atomic mass is 9.99. The van der Waals surface area contributed by atoms with Crippen LogP contribution < -0.4 is 14.2 Å². The molecule has 5 heteroatoms. The number of amides is 1. The van der Waals surface area contributed by atoms with E-state index in [2.05, 4.69) is 24.3 Å². The number of rotatable bonds is 8. The highest BCUT2D eigenvalue weighted by Gasteiger charge is 2.29. The highest BCUT2D eigenvalue weighted by atomic mass is 16.5. The lowest BCUT2D eigenvalue weighted by Gasteiger charge is -2.20. The average Bonchev–Trinajstić information content (AvgIpc) is 3.21. The number of hydrogen-bond acceptors (Lipinski definition) is 4. The largest absolute Gasteiger partial charge is 0.490 e. The third kappa shape index (κ3) is 4.41. The Kier molecular flexibility index (Phi) is 6.80. The third-order valence-electron chi connectivity index (χ3n) is 4.90. The van der Waals surface area contributed by atoms with Crippen LogP contribution in [0.5, 0.6) is 17.2 Å². The van der Waals surface area contributed by atoms with Gasteiger partial charge in [0.15, 0.2) is 11.5 Å². The molecule has 5 nitrogen and oxygen atoms in total. The number of benzene rings is 2. The van der Waals surface area contributed by atoms with Gasteiger partial charge in [-0.1, -0.05) is 30.3 Å². The molecule has 0 radical (unpaired) electrons. The maximum atomic E-state index is 13.2. The van der Waals surface area contributed by atoms with Crippen molar-refractivity contribution < 1.29 is 19.0 Å². The summed E-state index contributed by atoms with van der Waals surface area (Å²) in [6.07, 6.45) is 0.976. The standard InChI is InChI=1S/C23H29NO4/c1-4-26-20-14-19(15-21(27-5-2)22(20)28-6-3)23(25)24-13-12-18(16-24)17-10-8-7-9-11-17/h7-11,14-15,18H,4-6,12-13,16H2,1-3H3. The van der Waals surface area contributed by atoms with Gasteiger partial charge in [0.2, 0.25) is 5.75 Å². The minimum absolute atomic E-state index is 0.00313. The van der Waals surface area contributed by atoms with E-state index >= 15 is 0 Å². The molecule has 150 valence electrons. The van der Waals surface area contributed by atoms with Crippen molar-refractivity contribution in [2.45, 2.75) is 33.1 Å². The Morgan fingerprint density at radius 3 is 2.14 bits per heavy atom. The van der Waals surface area contributed by atoms with Gasteiger partial charge in [0.25, 0.3) is 5.91 Å². The number of ether oxygens (including phenoxy) is 3. The van der Waals surface area contributed by atoms with Gasteiger partial charge < -0.3 is 19.1 Å². The van der Waals surface area contributed by atoms with Crippen molar-refractivity contribution in [1.82, 2.24) is 4.90 Å². The molecule has 1 heterocycles. The van der Waals surface area contributed by atoms with Crippen LogP contribution in [0.4, 0.5) is 0 Å². The summed E-state index contributed by atoms with van der Waals surface area (Å²) < 4.78 is 17.2. The van der Waals surface area contributed by atoms with Crippen LogP contribution in [0.3, 0.4) is 0 Å². The minimum Gasteiger partial charge on any atom is -0.490 e. The molecule has 0 saturated carbocycles. The maximum Gasteiger partial charge on any atom is 0.254 e. The second-order valence-corrected chi connectivity index (χ2v) is 6.75. The van der Waals surface area contributed by atoms with Crippen LogP contribution in [0.25, 0.3) is 0 Å². The smallest absolute Gasteiger partial charge is 0.254 e. The van der Waals surface area contributed by atoms with Gasteiger partial charge in [0.1, 0.15) is 0 Å². The molecule has 1 amide bonds. The van der Waals surface area contributed by atoms with E-state index in [4.69, 9.17) is 14.2 Å². The van der Waals surface area contributed by atoms with Gasteiger partial charge in [0, 0.05) is 24.6 Å². The number of carbonyl (C=O) groups is 1. The number of nitrogens with zero attached hydrogens (tertiary/aromatic N) is 1. The van der Waals surface area contributed by atoms with Crippen molar-refractivity contribution in [3.8, 4) is 17.2 Å². The zero-order valence-electron chi connectivity index (χ0n) is 16.9. The summed E-state index contributed by atoms with van der Waals surface area (Å²) in [7, 11) is 0. The molecule has 28 heavy (non-hydrogen) atoms. The molecule has 0 spiro atoms. The first-order valence-electron chi connectivity index (χ1n) is 10.1. The van der Waals surface area contributed by atoms with Crippen LogP contribution in [0.15, 0.2) is 42.5 Å². The molecular weight excluding hydrogens is 354 g/mol. The van der Waals surface area contributed by atoms with Crippen molar-refractivity contribution in [3.05, 3.63) is 53.6 Å². The Morgan fingerprint density at radius 1 is 0.964 bits per heavy atom. The molecule has 1 aliphatic heterocycles. The fourth-order valence-electron chi connectivity index (χ4n) is 3.64. The Morgan fingerprint density at radius 2 is 1.57 bits per heavy atom. The van der Waals surface area contributed by atoms with Crippen molar-refractivity contribution in [2.75, 3.05) is 32.9 Å². The molecule has 2 aromatic carbocycles. The molecule has 1 unspecified atom stereocenters. The SMILES string of the molecule is CCOc1cc(C(=O)N2CCC(c3ccccc3)C2)cc(OCC)c1OCC. The predicted molar refractivity (Wildman–Crippen MR) is 110 cm³/mol. The zero-order chi connectivity index (χ0) is 19.9. The fraction of sp³-hybridized carbons (Fsp3) is 0.435. The minimum atomic E-state index is 0.00313. The van der Waals surface area contributed by atoms with Crippen molar-refractivity contribution in [3.63, 3.8) is 0 Å². The summed E-state index contributed by atoms with van der Waals surface area (Å²) in [6, 6.07) is 13.9. The van der Waals surface area contributed by atoms with Gasteiger partial charge in [-0.05, 0) is 44.9 Å². The molecule has 1 fully saturated rings. The van der Waals surface area contributed by atoms with E-state index in [1.807, 2.05) is 31.7 Å². The zero-order valence-corrected chi connectivity index (χ0v) is 16.9. The van der Waals surface area contributed by atoms with E-state index in [0.717, 1.165) is 19.5 Å². The fourth-order valence-corrected chi connectivity index (χ4v) is 3.64. The van der Waals surface area contributed by atoms with Gasteiger partial charge in [-0.15, -0.1) is 0 Å². The van der Waals surface area contributed by atoms with Crippen LogP contribution in [-0.4, -0.2) is 43.7 Å². The topological polar surface area (TPSA) is 48.0 Å². The van der Waals surface area contributed by atoms with Crippen LogP contribution in [0.1, 0.15) is 49.0 Å². The molecule has 2 aromatic rings. The van der Waals surface area contributed by atoms with Gasteiger partial charge in [-0.3, -0.25) is 4.79 Å². The summed E-state index contributed by atoms with van der Waals surface area (Å²) in [6.45, 7) is 8.69. The Labute approximate surface area is 167 Å². The van der Waals surface area contributed by atoms with Crippen LogP contribution in [0.2, 0.25) is 0 Å². The molecule has 0 aromatic heterocycles. The molecule has 0 N–H and O–H groups in total. The van der Waals surface area contributed by atoms with E-state index in [0.29, 0.717) is 48.6 Å². The normalized spacial score (nSPS) is 16.1. The van der Waals surface area contributed by atoms with E-state index < -0.39 is 0 Å². The summed E-state index contributed by atoms with van der Waals surface area (Å²) in [5.74, 6) is 2.05. The summed E-state index contributed by atoms with van der Waals surface area (Å²) in [4.78, 5) is 15.1. The van der Waals surface area contributed by atoms with Crippen molar-refractivity contribution in [2.24, 2.45) is 0 Å². The Hall–Kier alpha value is -2.69. The average molecular weight is 383 g/mol. The Bertz CT molecular complexity index is 763. The van der Waals surface area contributed by atoms with E-state index in [-0.39, 0.29) is 5.91 Å². The highest BCUT2D eigenvalue weighted by molar-refractivity contribution is 5.96. The van der Waals surface area contributed by atoms with Gasteiger partial charge in [-0.25, -0.2) is 0 Å². The molecule has 1 saturated heterocycles. The number of carbonyl (C=O) groups excluding carboxylic acids is 1. The number of hydrogen-bond donors (Lipinski definition) is 0. The molecule has 0 bridgehead atoms. The molecule has 3 rings (SSSR count). The van der Waals surface area contributed by atoms with Crippen LogP contribution in [-0.2, 0) is 0 Å². The van der Waals surface area contributed by atoms with Crippen molar-refractivity contribution >= 4 is 5.91 Å². The van der Waals surface area contributed by atoms with Gasteiger partial charge in [-0.2, -0.15) is 0 Å². The van der Waals surface area contributed by atoms with E-state index in [9.17, 15) is 4.79 Å². The van der Waals surface area contributed by atoms with E-state index in [1.54, 1.807) is 12.1 Å².